The average molecular weight is 405 g/mol. The van der Waals surface area contributed by atoms with Crippen LogP contribution in [0.3, 0.4) is 0 Å². The number of carbonyl (C=O) groups excluding carboxylic acids is 1. The summed E-state index contributed by atoms with van der Waals surface area (Å²) in [7, 11) is -1.86. The Balaban J connectivity index is 1.90. The van der Waals surface area contributed by atoms with Crippen LogP contribution in [0, 0.1) is 0 Å². The highest BCUT2D eigenvalue weighted by Crippen LogP contribution is 2.24. The third kappa shape index (κ3) is 6.07. The maximum Gasteiger partial charge on any atom is 0.240 e. The summed E-state index contributed by atoms with van der Waals surface area (Å²) in [5.41, 5.74) is 1.84. The van der Waals surface area contributed by atoms with Crippen LogP contribution >= 0.6 is 0 Å². The van der Waals surface area contributed by atoms with Crippen LogP contribution in [-0.2, 0) is 21.2 Å². The topological polar surface area (TPSA) is 84.5 Å². The Morgan fingerprint density at radius 3 is 2.43 bits per heavy atom. The van der Waals surface area contributed by atoms with Crippen molar-refractivity contribution < 1.29 is 17.9 Å². The minimum absolute atomic E-state index is 0.0697. The van der Waals surface area contributed by atoms with E-state index in [1.54, 1.807) is 31.4 Å². The molecule has 152 valence electrons. The predicted octanol–water partition coefficient (Wildman–Crippen LogP) is 3.19. The molecule has 0 radical (unpaired) electrons. The van der Waals surface area contributed by atoms with E-state index in [0.29, 0.717) is 19.4 Å². The minimum atomic E-state index is -3.46. The van der Waals surface area contributed by atoms with Crippen molar-refractivity contribution in [1.82, 2.24) is 10.0 Å². The zero-order valence-electron chi connectivity index (χ0n) is 16.6. The van der Waals surface area contributed by atoms with Crippen LogP contribution in [-0.4, -0.2) is 28.0 Å². The molecule has 2 rings (SSSR count). The van der Waals surface area contributed by atoms with Gasteiger partial charge in [-0.3, -0.25) is 4.79 Å². The maximum absolute atomic E-state index is 12.3. The molecule has 2 aromatic carbocycles. The lowest BCUT2D eigenvalue weighted by atomic mass is 10.1. The van der Waals surface area contributed by atoms with Crippen LogP contribution in [0.15, 0.2) is 53.4 Å². The molecular weight excluding hydrogens is 376 g/mol. The highest BCUT2D eigenvalue weighted by molar-refractivity contribution is 7.89. The van der Waals surface area contributed by atoms with E-state index in [1.807, 2.05) is 38.1 Å². The number of nitrogens with one attached hydrogen (secondary N) is 2. The molecule has 0 bridgehead atoms. The Kier molecular flexibility index (Phi) is 8.02. The summed E-state index contributed by atoms with van der Waals surface area (Å²) in [6.07, 6.45) is 1.59. The molecule has 0 spiro atoms. The molecule has 0 aliphatic carbocycles. The summed E-state index contributed by atoms with van der Waals surface area (Å²) < 4.78 is 32.1. The Bertz CT molecular complexity index is 880. The SMILES string of the molecule is CCCNS(=O)(=O)c1ccc(CCC(=O)N[C@@H](C)c2ccccc2OC)cc1. The van der Waals surface area contributed by atoms with Crippen molar-refractivity contribution in [1.29, 1.82) is 0 Å². The molecule has 2 aromatic rings. The van der Waals surface area contributed by atoms with Gasteiger partial charge in [0.05, 0.1) is 18.0 Å². The van der Waals surface area contributed by atoms with Gasteiger partial charge in [0.2, 0.25) is 15.9 Å². The van der Waals surface area contributed by atoms with Crippen molar-refractivity contribution in [2.75, 3.05) is 13.7 Å². The molecule has 0 aliphatic rings. The molecule has 28 heavy (non-hydrogen) atoms. The van der Waals surface area contributed by atoms with Crippen molar-refractivity contribution >= 4 is 15.9 Å². The zero-order chi connectivity index (χ0) is 20.6. The zero-order valence-corrected chi connectivity index (χ0v) is 17.4. The molecular formula is C21H28N2O4S. The van der Waals surface area contributed by atoms with Crippen molar-refractivity contribution in [3.8, 4) is 5.75 Å². The van der Waals surface area contributed by atoms with Gasteiger partial charge in [-0.15, -0.1) is 0 Å². The van der Waals surface area contributed by atoms with Gasteiger partial charge in [0.15, 0.2) is 0 Å². The quantitative estimate of drug-likeness (QED) is 0.637. The highest BCUT2D eigenvalue weighted by atomic mass is 32.2. The monoisotopic (exact) mass is 404 g/mol. The van der Waals surface area contributed by atoms with E-state index in [4.69, 9.17) is 4.74 Å². The van der Waals surface area contributed by atoms with E-state index >= 15 is 0 Å². The number of para-hydroxylation sites is 1. The first-order valence-corrected chi connectivity index (χ1v) is 10.9. The maximum atomic E-state index is 12.3. The number of rotatable bonds is 10. The molecule has 6 nitrogen and oxygen atoms in total. The lowest BCUT2D eigenvalue weighted by molar-refractivity contribution is -0.121. The van der Waals surface area contributed by atoms with Gasteiger partial charge < -0.3 is 10.1 Å². The number of sulfonamides is 1. The van der Waals surface area contributed by atoms with E-state index in [0.717, 1.165) is 23.3 Å². The predicted molar refractivity (Wildman–Crippen MR) is 110 cm³/mol. The third-order valence-corrected chi connectivity index (χ3v) is 5.88. The Morgan fingerprint density at radius 1 is 1.11 bits per heavy atom. The summed E-state index contributed by atoms with van der Waals surface area (Å²) in [6, 6.07) is 14.1. The Morgan fingerprint density at radius 2 is 1.79 bits per heavy atom. The molecule has 0 aliphatic heterocycles. The first-order valence-electron chi connectivity index (χ1n) is 9.38. The second-order valence-corrected chi connectivity index (χ2v) is 8.34. The van der Waals surface area contributed by atoms with Crippen molar-refractivity contribution in [2.45, 2.75) is 44.0 Å². The number of benzene rings is 2. The summed E-state index contributed by atoms with van der Waals surface area (Å²) >= 11 is 0. The molecule has 2 N–H and O–H groups in total. The number of amides is 1. The molecule has 1 atom stereocenters. The smallest absolute Gasteiger partial charge is 0.240 e. The summed E-state index contributed by atoms with van der Waals surface area (Å²) in [4.78, 5) is 12.5. The van der Waals surface area contributed by atoms with Crippen LogP contribution in [0.2, 0.25) is 0 Å². The average Bonchev–Trinajstić information content (AvgIpc) is 2.71. The van der Waals surface area contributed by atoms with Crippen molar-refractivity contribution in [2.24, 2.45) is 0 Å². The highest BCUT2D eigenvalue weighted by Gasteiger charge is 2.15. The van der Waals surface area contributed by atoms with Crippen LogP contribution in [0.25, 0.3) is 0 Å². The first-order chi connectivity index (χ1) is 13.4. The second-order valence-electron chi connectivity index (χ2n) is 6.57. The van der Waals surface area contributed by atoms with Crippen LogP contribution in [0.4, 0.5) is 0 Å². The van der Waals surface area contributed by atoms with Gasteiger partial charge in [-0.25, -0.2) is 13.1 Å². The number of carbonyl (C=O) groups is 1. The fraction of sp³-hybridized carbons (Fsp3) is 0.381. The first kappa shape index (κ1) is 21.9. The number of methoxy groups -OCH3 is 1. The van der Waals surface area contributed by atoms with Crippen LogP contribution < -0.4 is 14.8 Å². The summed E-state index contributed by atoms with van der Waals surface area (Å²) in [5.74, 6) is 0.670. The molecule has 7 heteroatoms. The van der Waals surface area contributed by atoms with E-state index in [-0.39, 0.29) is 16.8 Å². The van der Waals surface area contributed by atoms with E-state index in [2.05, 4.69) is 10.0 Å². The van der Waals surface area contributed by atoms with E-state index < -0.39 is 10.0 Å². The van der Waals surface area contributed by atoms with Gasteiger partial charge in [-0.05, 0) is 43.5 Å². The normalized spacial score (nSPS) is 12.4. The van der Waals surface area contributed by atoms with E-state index in [9.17, 15) is 13.2 Å². The van der Waals surface area contributed by atoms with E-state index in [1.165, 1.54) is 0 Å². The third-order valence-electron chi connectivity index (χ3n) is 4.40. The molecule has 0 saturated heterocycles. The van der Waals surface area contributed by atoms with Crippen LogP contribution in [0.1, 0.15) is 43.9 Å². The molecule has 0 unspecified atom stereocenters. The molecule has 0 saturated carbocycles. The Labute approximate surface area is 167 Å². The summed E-state index contributed by atoms with van der Waals surface area (Å²) in [6.45, 7) is 4.23. The van der Waals surface area contributed by atoms with Crippen molar-refractivity contribution in [3.63, 3.8) is 0 Å². The standard InChI is InChI=1S/C21H28N2O4S/c1-4-15-22-28(25,26)18-12-9-17(10-13-18)11-14-21(24)23-16(2)19-7-5-6-8-20(19)27-3/h5-10,12-13,16,22H,4,11,14-15H2,1-3H3,(H,23,24)/t16-/m0/s1. The molecule has 0 fully saturated rings. The van der Waals surface area contributed by atoms with Gasteiger partial charge >= 0.3 is 0 Å². The molecule has 0 heterocycles. The van der Waals surface area contributed by atoms with Crippen molar-refractivity contribution in [3.05, 3.63) is 59.7 Å². The minimum Gasteiger partial charge on any atom is -0.496 e. The lowest BCUT2D eigenvalue weighted by Crippen LogP contribution is -2.27. The largest absolute Gasteiger partial charge is 0.496 e. The molecule has 1 amide bonds. The van der Waals surface area contributed by atoms with Gasteiger partial charge in [0.25, 0.3) is 0 Å². The van der Waals surface area contributed by atoms with Gasteiger partial charge in [0.1, 0.15) is 5.75 Å². The number of ether oxygens (including phenoxy) is 1. The Hall–Kier alpha value is -2.38. The van der Waals surface area contributed by atoms with Gasteiger partial charge in [-0.1, -0.05) is 37.3 Å². The van der Waals surface area contributed by atoms with Gasteiger partial charge in [0, 0.05) is 18.5 Å². The number of aryl methyl sites for hydroxylation is 1. The molecule has 0 aromatic heterocycles. The van der Waals surface area contributed by atoms with Gasteiger partial charge in [-0.2, -0.15) is 0 Å². The number of hydrogen-bond acceptors (Lipinski definition) is 4. The number of hydrogen-bond donors (Lipinski definition) is 2. The fourth-order valence-corrected chi connectivity index (χ4v) is 3.96. The second kappa shape index (κ2) is 10.2. The van der Waals surface area contributed by atoms with Crippen LogP contribution in [0.5, 0.6) is 5.75 Å². The fourth-order valence-electron chi connectivity index (χ4n) is 2.83. The lowest BCUT2D eigenvalue weighted by Gasteiger charge is -2.17. The summed E-state index contributed by atoms with van der Waals surface area (Å²) in [5, 5.41) is 2.98.